The quantitative estimate of drug-likeness (QED) is 0.716. The first-order valence-electron chi connectivity index (χ1n) is 5.77. The minimum absolute atomic E-state index is 0.260. The largest absolute Gasteiger partial charge is 0.508 e. The normalized spacial score (nSPS) is 10.7. The van der Waals surface area contributed by atoms with Gasteiger partial charge >= 0.3 is 0 Å². The monoisotopic (exact) mass is 237 g/mol. The van der Waals surface area contributed by atoms with E-state index in [1.807, 2.05) is 48.3 Å². The van der Waals surface area contributed by atoms with E-state index >= 15 is 0 Å². The Morgan fingerprint density at radius 3 is 2.72 bits per heavy atom. The van der Waals surface area contributed by atoms with Crippen molar-refractivity contribution in [3.8, 4) is 5.75 Å². The molecule has 0 atom stereocenters. The topological polar surface area (TPSA) is 39.3 Å². The van der Waals surface area contributed by atoms with Crippen molar-refractivity contribution in [2.24, 2.45) is 0 Å². The highest BCUT2D eigenvalue weighted by atomic mass is 16.3. The van der Waals surface area contributed by atoms with Crippen molar-refractivity contribution in [3.63, 3.8) is 0 Å². The molecule has 0 aliphatic rings. The van der Waals surface area contributed by atoms with Crippen molar-refractivity contribution in [2.75, 3.05) is 11.9 Å². The van der Waals surface area contributed by atoms with E-state index in [2.05, 4.69) is 11.1 Å². The molecule has 0 fully saturated rings. The number of aromatic hydroxyl groups is 1. The lowest BCUT2D eigenvalue weighted by Crippen LogP contribution is -2.09. The number of nitrogens with zero attached hydrogens (tertiary/aromatic N) is 1. The lowest BCUT2D eigenvalue weighted by atomic mass is 10.2. The van der Waals surface area contributed by atoms with Crippen LogP contribution in [0.1, 0.15) is 0 Å². The Morgan fingerprint density at radius 2 is 1.94 bits per heavy atom. The molecule has 18 heavy (non-hydrogen) atoms. The van der Waals surface area contributed by atoms with Gasteiger partial charge in [-0.05, 0) is 18.2 Å². The number of phenols is 1. The molecule has 3 rings (SSSR count). The number of hydrogen-bond donors (Lipinski definition) is 2. The Hall–Kier alpha value is -2.42. The van der Waals surface area contributed by atoms with Crippen LogP contribution in [0.25, 0.3) is 10.9 Å². The van der Waals surface area contributed by atoms with Crippen molar-refractivity contribution >= 4 is 22.4 Å². The number of benzene rings is 2. The molecule has 3 nitrogen and oxygen atoms in total. The fourth-order valence-corrected chi connectivity index (χ4v) is 1.99. The standard InChI is InChI=1S/C15H13N2O/c1-17(12-6-4-7-13(18)10-12)15-9-11-5-2-3-8-14(11)16-15/h2-8,10,16,18H,1H3. The molecular formula is C15H13N2O. The van der Waals surface area contributed by atoms with Crippen LogP contribution in [0.15, 0.2) is 48.5 Å². The molecule has 2 aromatic carbocycles. The summed E-state index contributed by atoms with van der Waals surface area (Å²) in [5.41, 5.74) is 1.97. The number of hydrogen-bond acceptors (Lipinski definition) is 2. The van der Waals surface area contributed by atoms with Crippen LogP contribution in [0.4, 0.5) is 11.5 Å². The SMILES string of the molecule is CN(c1cccc(O)c1)c1[c]c2ccccc2[nH]1. The van der Waals surface area contributed by atoms with Crippen LogP contribution in [0.2, 0.25) is 0 Å². The van der Waals surface area contributed by atoms with Crippen molar-refractivity contribution in [3.05, 3.63) is 54.6 Å². The number of nitrogens with one attached hydrogen (secondary N) is 1. The Bertz CT molecular complexity index is 655. The van der Waals surface area contributed by atoms with E-state index in [9.17, 15) is 5.11 Å². The van der Waals surface area contributed by atoms with E-state index in [4.69, 9.17) is 0 Å². The number of fused-ring (bicyclic) bond motifs is 1. The summed E-state index contributed by atoms with van der Waals surface area (Å²) in [6, 6.07) is 18.5. The number of anilines is 2. The molecule has 0 amide bonds. The van der Waals surface area contributed by atoms with Gasteiger partial charge in [-0.3, -0.25) is 0 Å². The highest BCUT2D eigenvalue weighted by Crippen LogP contribution is 2.27. The zero-order valence-corrected chi connectivity index (χ0v) is 10.0. The van der Waals surface area contributed by atoms with Crippen LogP contribution in [-0.4, -0.2) is 17.1 Å². The summed E-state index contributed by atoms with van der Waals surface area (Å²) in [6.07, 6.45) is 0. The zero-order chi connectivity index (χ0) is 12.5. The van der Waals surface area contributed by atoms with Crippen LogP contribution in [-0.2, 0) is 0 Å². The van der Waals surface area contributed by atoms with E-state index in [1.165, 1.54) is 0 Å². The first-order chi connectivity index (χ1) is 8.74. The molecule has 89 valence electrons. The van der Waals surface area contributed by atoms with E-state index in [0.717, 1.165) is 22.4 Å². The molecule has 3 heteroatoms. The average Bonchev–Trinajstić information content (AvgIpc) is 2.81. The molecule has 0 aliphatic heterocycles. The first kappa shape index (κ1) is 10.7. The second-order valence-electron chi connectivity index (χ2n) is 4.22. The van der Waals surface area contributed by atoms with Gasteiger partial charge in [0.2, 0.25) is 0 Å². The van der Waals surface area contributed by atoms with Gasteiger partial charge in [-0.2, -0.15) is 0 Å². The third-order valence-corrected chi connectivity index (χ3v) is 2.99. The predicted octanol–water partition coefficient (Wildman–Crippen LogP) is 3.44. The molecular weight excluding hydrogens is 224 g/mol. The van der Waals surface area contributed by atoms with Crippen LogP contribution in [0.5, 0.6) is 5.75 Å². The van der Waals surface area contributed by atoms with E-state index < -0.39 is 0 Å². The maximum atomic E-state index is 9.50. The van der Waals surface area contributed by atoms with Crippen molar-refractivity contribution < 1.29 is 5.11 Å². The number of para-hydroxylation sites is 1. The second-order valence-corrected chi connectivity index (χ2v) is 4.22. The molecule has 0 bridgehead atoms. The highest BCUT2D eigenvalue weighted by Gasteiger charge is 2.08. The molecule has 0 aliphatic carbocycles. The number of aromatic amines is 1. The van der Waals surface area contributed by atoms with Gasteiger partial charge in [-0.25, -0.2) is 0 Å². The van der Waals surface area contributed by atoms with Crippen molar-refractivity contribution in [1.82, 2.24) is 4.98 Å². The number of aromatic nitrogens is 1. The fourth-order valence-electron chi connectivity index (χ4n) is 1.99. The Labute approximate surface area is 105 Å². The van der Waals surface area contributed by atoms with E-state index in [0.29, 0.717) is 0 Å². The Morgan fingerprint density at radius 1 is 1.11 bits per heavy atom. The first-order valence-corrected chi connectivity index (χ1v) is 5.77. The molecule has 1 heterocycles. The smallest absolute Gasteiger partial charge is 0.119 e. The molecule has 0 spiro atoms. The van der Waals surface area contributed by atoms with Crippen LogP contribution < -0.4 is 4.90 Å². The zero-order valence-electron chi connectivity index (χ0n) is 10.0. The van der Waals surface area contributed by atoms with Crippen molar-refractivity contribution in [2.45, 2.75) is 0 Å². The van der Waals surface area contributed by atoms with Gasteiger partial charge in [0, 0.05) is 35.8 Å². The summed E-state index contributed by atoms with van der Waals surface area (Å²) in [4.78, 5) is 5.26. The van der Waals surface area contributed by atoms with Gasteiger partial charge in [-0.15, -0.1) is 0 Å². The van der Waals surface area contributed by atoms with E-state index in [1.54, 1.807) is 12.1 Å². The minimum Gasteiger partial charge on any atom is -0.508 e. The lowest BCUT2D eigenvalue weighted by molar-refractivity contribution is 0.475. The summed E-state index contributed by atoms with van der Waals surface area (Å²) in [6.45, 7) is 0. The van der Waals surface area contributed by atoms with Gasteiger partial charge in [0.25, 0.3) is 0 Å². The summed E-state index contributed by atoms with van der Waals surface area (Å²) >= 11 is 0. The van der Waals surface area contributed by atoms with Crippen LogP contribution in [0.3, 0.4) is 0 Å². The predicted molar refractivity (Wildman–Crippen MR) is 73.3 cm³/mol. The third kappa shape index (κ3) is 1.80. The molecule has 3 aromatic rings. The third-order valence-electron chi connectivity index (χ3n) is 2.99. The molecule has 2 N–H and O–H groups in total. The average molecular weight is 237 g/mol. The number of rotatable bonds is 2. The Kier molecular flexibility index (Phi) is 2.45. The molecule has 1 radical (unpaired) electrons. The summed E-state index contributed by atoms with van der Waals surface area (Å²) in [7, 11) is 1.94. The molecule has 0 saturated heterocycles. The maximum Gasteiger partial charge on any atom is 0.119 e. The molecule has 0 unspecified atom stereocenters. The summed E-state index contributed by atoms with van der Waals surface area (Å²) in [5.74, 6) is 1.14. The number of H-pyrrole nitrogens is 1. The minimum atomic E-state index is 0.260. The lowest BCUT2D eigenvalue weighted by Gasteiger charge is -2.17. The van der Waals surface area contributed by atoms with Gasteiger partial charge in [-0.1, -0.05) is 24.3 Å². The van der Waals surface area contributed by atoms with Gasteiger partial charge < -0.3 is 15.0 Å². The maximum absolute atomic E-state index is 9.50. The van der Waals surface area contributed by atoms with Crippen LogP contribution >= 0.6 is 0 Å². The van der Waals surface area contributed by atoms with Crippen molar-refractivity contribution in [1.29, 1.82) is 0 Å². The van der Waals surface area contributed by atoms with Gasteiger partial charge in [0.05, 0.1) is 0 Å². The summed E-state index contributed by atoms with van der Waals surface area (Å²) < 4.78 is 0. The van der Waals surface area contributed by atoms with E-state index in [-0.39, 0.29) is 5.75 Å². The Balaban J connectivity index is 2.03. The summed E-state index contributed by atoms with van der Waals surface area (Å²) in [5, 5.41) is 10.6. The fraction of sp³-hybridized carbons (Fsp3) is 0.0667. The molecule has 1 aromatic heterocycles. The number of phenolic OH excluding ortho intramolecular Hbond substituents is 1. The van der Waals surface area contributed by atoms with Gasteiger partial charge in [0.15, 0.2) is 0 Å². The van der Waals surface area contributed by atoms with Crippen LogP contribution in [0, 0.1) is 6.07 Å². The molecule has 0 saturated carbocycles. The second kappa shape index (κ2) is 4.11. The highest BCUT2D eigenvalue weighted by molar-refractivity contribution is 5.84. The van der Waals surface area contributed by atoms with Gasteiger partial charge in [0.1, 0.15) is 11.6 Å².